The van der Waals surface area contributed by atoms with Crippen LogP contribution in [-0.4, -0.2) is 36.5 Å². The summed E-state index contributed by atoms with van der Waals surface area (Å²) in [5, 5.41) is 14.3. The zero-order valence-corrected chi connectivity index (χ0v) is 11.7. The summed E-state index contributed by atoms with van der Waals surface area (Å²) < 4.78 is 0. The Morgan fingerprint density at radius 1 is 1.21 bits per heavy atom. The number of amides is 2. The molecular formula is C13H22N2O4. The molecule has 0 aromatic heterocycles. The monoisotopic (exact) mass is 270 g/mol. The molecule has 2 amide bonds. The summed E-state index contributed by atoms with van der Waals surface area (Å²) in [6.07, 6.45) is 1.91. The number of carbonyl (C=O) groups excluding carboxylic acids is 2. The molecule has 1 aliphatic rings. The number of carboxylic acids is 1. The second-order valence-electron chi connectivity index (χ2n) is 5.66. The molecule has 1 rings (SSSR count). The Bertz CT molecular complexity index is 379. The van der Waals surface area contributed by atoms with Gasteiger partial charge in [0.1, 0.15) is 0 Å². The van der Waals surface area contributed by atoms with E-state index >= 15 is 0 Å². The summed E-state index contributed by atoms with van der Waals surface area (Å²) >= 11 is 0. The van der Waals surface area contributed by atoms with E-state index in [9.17, 15) is 14.4 Å². The predicted octanol–water partition coefficient (Wildman–Crippen LogP) is 0.376. The van der Waals surface area contributed by atoms with Gasteiger partial charge in [0.05, 0.1) is 17.3 Å². The zero-order valence-electron chi connectivity index (χ0n) is 11.7. The van der Waals surface area contributed by atoms with E-state index in [1.807, 2.05) is 0 Å². The van der Waals surface area contributed by atoms with Crippen LogP contribution in [0.3, 0.4) is 0 Å². The lowest BCUT2D eigenvalue weighted by Gasteiger charge is -2.24. The Balaban J connectivity index is 2.56. The van der Waals surface area contributed by atoms with Gasteiger partial charge < -0.3 is 15.7 Å². The molecule has 0 aromatic rings. The number of aliphatic carboxylic acids is 1. The van der Waals surface area contributed by atoms with E-state index in [0.717, 1.165) is 6.42 Å². The van der Waals surface area contributed by atoms with Gasteiger partial charge in [0.15, 0.2) is 0 Å². The molecular weight excluding hydrogens is 248 g/mol. The minimum Gasteiger partial charge on any atom is -0.481 e. The molecule has 19 heavy (non-hydrogen) atoms. The molecule has 1 saturated carbocycles. The summed E-state index contributed by atoms with van der Waals surface area (Å²) in [6, 6.07) is 0. The van der Waals surface area contributed by atoms with Crippen molar-refractivity contribution in [1.82, 2.24) is 10.6 Å². The molecule has 108 valence electrons. The van der Waals surface area contributed by atoms with Gasteiger partial charge in [-0.15, -0.1) is 0 Å². The Hall–Kier alpha value is -1.59. The van der Waals surface area contributed by atoms with Gasteiger partial charge in [-0.2, -0.15) is 0 Å². The van der Waals surface area contributed by atoms with Gasteiger partial charge in [-0.1, -0.05) is 6.42 Å². The highest BCUT2D eigenvalue weighted by Gasteiger charge is 2.38. The van der Waals surface area contributed by atoms with Crippen molar-refractivity contribution in [2.75, 3.05) is 13.6 Å². The molecule has 0 radical (unpaired) electrons. The molecule has 2 unspecified atom stereocenters. The summed E-state index contributed by atoms with van der Waals surface area (Å²) in [5.74, 6) is -2.40. The molecule has 3 N–H and O–H groups in total. The van der Waals surface area contributed by atoms with Gasteiger partial charge in [0.2, 0.25) is 11.8 Å². The highest BCUT2D eigenvalue weighted by molar-refractivity contribution is 5.86. The summed E-state index contributed by atoms with van der Waals surface area (Å²) in [6.45, 7) is 3.67. The summed E-state index contributed by atoms with van der Waals surface area (Å²) in [4.78, 5) is 34.6. The highest BCUT2D eigenvalue weighted by atomic mass is 16.4. The van der Waals surface area contributed by atoms with Crippen molar-refractivity contribution in [2.24, 2.45) is 17.3 Å². The first-order valence-corrected chi connectivity index (χ1v) is 6.52. The molecule has 2 atom stereocenters. The fourth-order valence-electron chi connectivity index (χ4n) is 2.43. The molecule has 6 heteroatoms. The van der Waals surface area contributed by atoms with Crippen LogP contribution < -0.4 is 10.6 Å². The number of hydrogen-bond acceptors (Lipinski definition) is 3. The Morgan fingerprint density at radius 3 is 2.32 bits per heavy atom. The average Bonchev–Trinajstić information content (AvgIpc) is 2.84. The zero-order chi connectivity index (χ0) is 14.6. The van der Waals surface area contributed by atoms with Gasteiger partial charge in [-0.05, 0) is 26.7 Å². The molecule has 0 aromatic carbocycles. The topological polar surface area (TPSA) is 95.5 Å². The average molecular weight is 270 g/mol. The Morgan fingerprint density at radius 2 is 1.79 bits per heavy atom. The smallest absolute Gasteiger partial charge is 0.307 e. The molecule has 0 saturated heterocycles. The minimum atomic E-state index is -0.914. The molecule has 0 bridgehead atoms. The van der Waals surface area contributed by atoms with Crippen molar-refractivity contribution in [3.63, 3.8) is 0 Å². The van der Waals surface area contributed by atoms with Gasteiger partial charge in [0.25, 0.3) is 0 Å². The summed E-state index contributed by atoms with van der Waals surface area (Å²) in [7, 11) is 1.54. The summed E-state index contributed by atoms with van der Waals surface area (Å²) in [5.41, 5.74) is -0.707. The molecule has 1 fully saturated rings. The number of hydrogen-bond donors (Lipinski definition) is 3. The third kappa shape index (κ3) is 3.68. The van der Waals surface area contributed by atoms with Crippen molar-refractivity contribution in [2.45, 2.75) is 33.1 Å². The normalized spacial score (nSPS) is 22.9. The fraction of sp³-hybridized carbons (Fsp3) is 0.769. The van der Waals surface area contributed by atoms with Crippen LogP contribution >= 0.6 is 0 Å². The second-order valence-corrected chi connectivity index (χ2v) is 5.66. The number of nitrogens with one attached hydrogen (secondary N) is 2. The Kier molecular flexibility index (Phi) is 4.91. The van der Waals surface area contributed by atoms with E-state index in [-0.39, 0.29) is 18.4 Å². The van der Waals surface area contributed by atoms with Gasteiger partial charge in [-0.25, -0.2) is 0 Å². The van der Waals surface area contributed by atoms with Gasteiger partial charge >= 0.3 is 5.97 Å². The van der Waals surface area contributed by atoms with Crippen molar-refractivity contribution < 1.29 is 19.5 Å². The highest BCUT2D eigenvalue weighted by Crippen LogP contribution is 2.32. The van der Waals surface area contributed by atoms with E-state index in [1.54, 1.807) is 20.9 Å². The fourth-order valence-corrected chi connectivity index (χ4v) is 2.43. The quantitative estimate of drug-likeness (QED) is 0.673. The lowest BCUT2D eigenvalue weighted by Crippen LogP contribution is -2.46. The number of carbonyl (C=O) groups is 3. The number of rotatable bonds is 5. The maximum atomic E-state index is 12.0. The van der Waals surface area contributed by atoms with E-state index in [1.165, 1.54) is 0 Å². The van der Waals surface area contributed by atoms with Crippen LogP contribution in [0.2, 0.25) is 0 Å². The van der Waals surface area contributed by atoms with Crippen molar-refractivity contribution in [1.29, 1.82) is 0 Å². The number of carboxylic acid groups (broad SMARTS) is 1. The van der Waals surface area contributed by atoms with Crippen LogP contribution in [0.25, 0.3) is 0 Å². The largest absolute Gasteiger partial charge is 0.481 e. The van der Waals surface area contributed by atoms with E-state index in [2.05, 4.69) is 10.6 Å². The predicted molar refractivity (Wildman–Crippen MR) is 69.3 cm³/mol. The van der Waals surface area contributed by atoms with Crippen molar-refractivity contribution in [3.8, 4) is 0 Å². The lowest BCUT2D eigenvalue weighted by molar-refractivity contribution is -0.146. The third-order valence-corrected chi connectivity index (χ3v) is 3.72. The lowest BCUT2D eigenvalue weighted by atomic mass is 9.91. The van der Waals surface area contributed by atoms with Gasteiger partial charge in [-0.3, -0.25) is 14.4 Å². The molecule has 6 nitrogen and oxygen atoms in total. The van der Waals surface area contributed by atoms with Crippen LogP contribution in [0, 0.1) is 17.3 Å². The van der Waals surface area contributed by atoms with Crippen LogP contribution in [0.15, 0.2) is 0 Å². The van der Waals surface area contributed by atoms with Crippen LogP contribution in [-0.2, 0) is 14.4 Å². The Labute approximate surface area is 112 Å². The van der Waals surface area contributed by atoms with E-state index in [0.29, 0.717) is 12.8 Å². The first-order valence-electron chi connectivity index (χ1n) is 6.52. The van der Waals surface area contributed by atoms with Crippen LogP contribution in [0.4, 0.5) is 0 Å². The van der Waals surface area contributed by atoms with E-state index < -0.39 is 23.2 Å². The molecule has 0 aliphatic heterocycles. The van der Waals surface area contributed by atoms with Gasteiger partial charge in [0, 0.05) is 13.6 Å². The van der Waals surface area contributed by atoms with Crippen LogP contribution in [0.5, 0.6) is 0 Å². The SMILES string of the molecule is CNC(=O)C(C)(C)CNC(=O)C1CCCC1C(=O)O. The molecule has 0 heterocycles. The maximum absolute atomic E-state index is 12.0. The maximum Gasteiger partial charge on any atom is 0.307 e. The molecule has 1 aliphatic carbocycles. The first-order chi connectivity index (χ1) is 8.79. The third-order valence-electron chi connectivity index (χ3n) is 3.72. The second kappa shape index (κ2) is 6.04. The van der Waals surface area contributed by atoms with Crippen LogP contribution in [0.1, 0.15) is 33.1 Å². The molecule has 0 spiro atoms. The van der Waals surface area contributed by atoms with Crippen molar-refractivity contribution >= 4 is 17.8 Å². The van der Waals surface area contributed by atoms with E-state index in [4.69, 9.17) is 5.11 Å². The minimum absolute atomic E-state index is 0.158. The van der Waals surface area contributed by atoms with Crippen molar-refractivity contribution in [3.05, 3.63) is 0 Å². The standard InChI is InChI=1S/C13H22N2O4/c1-13(2,12(19)14-3)7-15-10(16)8-5-4-6-9(8)11(17)18/h8-9H,4-7H2,1-3H3,(H,14,19)(H,15,16)(H,17,18). The first kappa shape index (κ1) is 15.5.